The van der Waals surface area contributed by atoms with E-state index in [0.717, 1.165) is 83.5 Å². The average Bonchev–Trinajstić information content (AvgIpc) is 3.40. The first-order chi connectivity index (χ1) is 36.1. The summed E-state index contributed by atoms with van der Waals surface area (Å²) in [5.74, 6) is -0.276. The van der Waals surface area contributed by atoms with Crippen LogP contribution >= 0.6 is 0 Å². The topological polar surface area (TPSA) is 228 Å². The molecular formula is C60H101NO13. The van der Waals surface area contributed by atoms with Crippen molar-refractivity contribution in [1.82, 2.24) is 5.32 Å². The minimum Gasteiger partial charge on any atom is -0.394 e. The maximum absolute atomic E-state index is 13.2. The van der Waals surface area contributed by atoms with E-state index in [-0.39, 0.29) is 18.9 Å². The number of ether oxygens (including phenoxy) is 4. The summed E-state index contributed by atoms with van der Waals surface area (Å²) in [5, 5.41) is 87.0. The van der Waals surface area contributed by atoms with Crippen LogP contribution in [-0.4, -0.2) is 140 Å². The summed E-state index contributed by atoms with van der Waals surface area (Å²) in [5.41, 5.74) is 0. The van der Waals surface area contributed by atoms with Crippen molar-refractivity contribution in [3.63, 3.8) is 0 Å². The number of hydrogen-bond acceptors (Lipinski definition) is 13. The highest BCUT2D eigenvalue weighted by molar-refractivity contribution is 5.76. The van der Waals surface area contributed by atoms with E-state index in [4.69, 9.17) is 18.9 Å². The van der Waals surface area contributed by atoms with Crippen LogP contribution < -0.4 is 5.32 Å². The van der Waals surface area contributed by atoms with Gasteiger partial charge in [0.2, 0.25) is 5.91 Å². The van der Waals surface area contributed by atoms with Gasteiger partial charge in [0.1, 0.15) is 48.8 Å². The smallest absolute Gasteiger partial charge is 0.220 e. The fourth-order valence-corrected chi connectivity index (χ4v) is 8.68. The van der Waals surface area contributed by atoms with Crippen molar-refractivity contribution < 1.29 is 64.6 Å². The van der Waals surface area contributed by atoms with E-state index in [2.05, 4.69) is 104 Å². The normalized spacial score (nSPS) is 26.0. The Bertz CT molecular complexity index is 1610. The number of rotatable bonds is 43. The molecule has 14 heteroatoms. The SMILES string of the molecule is CC/C=C\C/C=C\C/C=C\C/C=C\C/C=C\C/C=C\C/C=C\CCCCCC(=O)NC(COC1OC(CO)C(OC2OC(CO)C(O)C(O)C2O)C(O)C1O)C(O)/C=C/CCCCCCCCCCCCCCC. The average molecular weight is 1040 g/mol. The zero-order chi connectivity index (χ0) is 53.9. The molecule has 14 nitrogen and oxygen atoms in total. The molecule has 0 saturated carbocycles. The zero-order valence-electron chi connectivity index (χ0n) is 45.3. The van der Waals surface area contributed by atoms with Crippen LogP contribution in [-0.2, 0) is 23.7 Å². The summed E-state index contributed by atoms with van der Waals surface area (Å²) in [6.45, 7) is 2.64. The summed E-state index contributed by atoms with van der Waals surface area (Å²) in [6.07, 6.45) is 44.3. The number of aliphatic hydroxyl groups is 8. The van der Waals surface area contributed by atoms with Crippen molar-refractivity contribution >= 4 is 5.91 Å². The van der Waals surface area contributed by atoms with Crippen molar-refractivity contribution in [2.45, 2.75) is 254 Å². The first kappa shape index (κ1) is 67.0. The summed E-state index contributed by atoms with van der Waals surface area (Å²) >= 11 is 0. The monoisotopic (exact) mass is 1040 g/mol. The van der Waals surface area contributed by atoms with Gasteiger partial charge < -0.3 is 65.1 Å². The van der Waals surface area contributed by atoms with Gasteiger partial charge in [0, 0.05) is 6.42 Å². The number of aliphatic hydroxyl groups excluding tert-OH is 8. The predicted octanol–water partition coefficient (Wildman–Crippen LogP) is 9.10. The van der Waals surface area contributed by atoms with Crippen molar-refractivity contribution in [3.8, 4) is 0 Å². The molecule has 0 radical (unpaired) electrons. The zero-order valence-corrected chi connectivity index (χ0v) is 45.3. The van der Waals surface area contributed by atoms with E-state index in [1.807, 2.05) is 6.08 Å². The van der Waals surface area contributed by atoms with Gasteiger partial charge in [-0.2, -0.15) is 0 Å². The van der Waals surface area contributed by atoms with Crippen molar-refractivity contribution in [3.05, 3.63) is 97.2 Å². The second-order valence-corrected chi connectivity index (χ2v) is 19.7. The lowest BCUT2D eigenvalue weighted by Crippen LogP contribution is -2.65. The van der Waals surface area contributed by atoms with E-state index in [9.17, 15) is 45.6 Å². The minimum absolute atomic E-state index is 0.235. The van der Waals surface area contributed by atoms with E-state index in [1.165, 1.54) is 70.6 Å². The number of allylic oxidation sites excluding steroid dienone is 15. The fraction of sp³-hybridized carbons (Fsp3) is 0.717. The molecule has 0 aromatic rings. The van der Waals surface area contributed by atoms with E-state index in [1.54, 1.807) is 6.08 Å². The van der Waals surface area contributed by atoms with Crippen LogP contribution in [0.3, 0.4) is 0 Å². The third-order valence-electron chi connectivity index (χ3n) is 13.3. The van der Waals surface area contributed by atoms with Crippen molar-refractivity contribution in [2.75, 3.05) is 19.8 Å². The molecule has 2 heterocycles. The van der Waals surface area contributed by atoms with Gasteiger partial charge in [0.25, 0.3) is 0 Å². The summed E-state index contributed by atoms with van der Waals surface area (Å²) in [6, 6.07) is -0.939. The molecule has 2 rings (SSSR count). The molecule has 0 aliphatic carbocycles. The summed E-state index contributed by atoms with van der Waals surface area (Å²) in [7, 11) is 0. The highest BCUT2D eigenvalue weighted by Crippen LogP contribution is 2.30. The lowest BCUT2D eigenvalue weighted by Gasteiger charge is -2.46. The second kappa shape index (κ2) is 45.0. The van der Waals surface area contributed by atoms with Crippen LogP contribution in [0.25, 0.3) is 0 Å². The Labute approximate surface area is 445 Å². The third kappa shape index (κ3) is 30.6. The van der Waals surface area contributed by atoms with E-state index < -0.39 is 86.8 Å². The number of carbonyl (C=O) groups excluding carboxylic acids is 1. The number of carbonyl (C=O) groups is 1. The molecule has 0 aromatic carbocycles. The number of hydrogen-bond donors (Lipinski definition) is 9. The Morgan fingerprint density at radius 3 is 1.43 bits per heavy atom. The molecule has 0 aromatic heterocycles. The minimum atomic E-state index is -1.80. The quantitative estimate of drug-likeness (QED) is 0.0205. The predicted molar refractivity (Wildman–Crippen MR) is 295 cm³/mol. The molecule has 0 bridgehead atoms. The van der Waals surface area contributed by atoms with Gasteiger partial charge in [-0.15, -0.1) is 0 Å². The van der Waals surface area contributed by atoms with Gasteiger partial charge in [-0.3, -0.25) is 4.79 Å². The van der Waals surface area contributed by atoms with Crippen LogP contribution in [0.4, 0.5) is 0 Å². The molecule has 12 unspecified atom stereocenters. The fourth-order valence-electron chi connectivity index (χ4n) is 8.68. The lowest BCUT2D eigenvalue weighted by molar-refractivity contribution is -0.359. The van der Waals surface area contributed by atoms with Gasteiger partial charge in [-0.05, 0) is 77.0 Å². The van der Waals surface area contributed by atoms with Gasteiger partial charge in [-0.25, -0.2) is 0 Å². The van der Waals surface area contributed by atoms with Crippen LogP contribution in [0.2, 0.25) is 0 Å². The summed E-state index contributed by atoms with van der Waals surface area (Å²) < 4.78 is 22.7. The standard InChI is InChI=1S/C60H101NO13/c1-3-5-7-9-11-13-15-17-19-20-21-22-23-24-25-26-27-28-30-32-34-36-38-40-42-44-52(65)61-48(49(64)43-41-39-37-35-33-31-29-18-16-14-12-10-8-6-4-2)47-71-59-57(70)55(68)58(51(46-63)73-59)74-60-56(69)54(67)53(66)50(45-62)72-60/h5,7,11,13,17,19,21-22,24-25,27-28,32,34,41,43,48-51,53-60,62-64,66-70H,3-4,6,8-10,12,14-16,18,20,23,26,29-31,33,35-40,42,44-47H2,1-2H3,(H,61,65)/b7-5-,13-11-,19-17-,22-21-,25-24-,28-27-,34-32-,43-41+. The van der Waals surface area contributed by atoms with Crippen LogP contribution in [0.15, 0.2) is 97.2 Å². The Balaban J connectivity index is 1.81. The Morgan fingerprint density at radius 1 is 0.500 bits per heavy atom. The highest BCUT2D eigenvalue weighted by Gasteiger charge is 2.51. The Morgan fingerprint density at radius 2 is 0.932 bits per heavy atom. The number of nitrogens with one attached hydrogen (secondary N) is 1. The van der Waals surface area contributed by atoms with Crippen LogP contribution in [0, 0.1) is 0 Å². The molecule has 2 aliphatic heterocycles. The first-order valence-corrected chi connectivity index (χ1v) is 28.5. The molecule has 12 atom stereocenters. The lowest BCUT2D eigenvalue weighted by atomic mass is 9.97. The van der Waals surface area contributed by atoms with Crippen LogP contribution in [0.1, 0.15) is 181 Å². The number of amides is 1. The molecule has 2 saturated heterocycles. The molecule has 74 heavy (non-hydrogen) atoms. The summed E-state index contributed by atoms with van der Waals surface area (Å²) in [4.78, 5) is 13.2. The molecule has 424 valence electrons. The van der Waals surface area contributed by atoms with Crippen LogP contribution in [0.5, 0.6) is 0 Å². The first-order valence-electron chi connectivity index (χ1n) is 28.5. The number of unbranched alkanes of at least 4 members (excludes halogenated alkanes) is 16. The van der Waals surface area contributed by atoms with Gasteiger partial charge >= 0.3 is 0 Å². The highest BCUT2D eigenvalue weighted by atomic mass is 16.7. The van der Waals surface area contributed by atoms with Gasteiger partial charge in [0.05, 0.1) is 32.0 Å². The Hall–Kier alpha value is -3.09. The molecule has 9 N–H and O–H groups in total. The largest absolute Gasteiger partial charge is 0.394 e. The molecule has 2 aliphatic rings. The third-order valence-corrected chi connectivity index (χ3v) is 13.3. The Kier molecular flexibility index (Phi) is 40.7. The van der Waals surface area contributed by atoms with Gasteiger partial charge in [-0.1, -0.05) is 195 Å². The molecule has 2 fully saturated rings. The maximum Gasteiger partial charge on any atom is 0.220 e. The maximum atomic E-state index is 13.2. The van der Waals surface area contributed by atoms with Crippen molar-refractivity contribution in [1.29, 1.82) is 0 Å². The van der Waals surface area contributed by atoms with E-state index in [0.29, 0.717) is 6.42 Å². The molecular weight excluding hydrogens is 943 g/mol. The molecule has 1 amide bonds. The van der Waals surface area contributed by atoms with E-state index >= 15 is 0 Å². The van der Waals surface area contributed by atoms with Gasteiger partial charge in [0.15, 0.2) is 12.6 Å². The van der Waals surface area contributed by atoms with Crippen molar-refractivity contribution in [2.24, 2.45) is 0 Å². The second-order valence-electron chi connectivity index (χ2n) is 19.7. The molecule has 0 spiro atoms.